The lowest BCUT2D eigenvalue weighted by atomic mass is 9.67. The molecule has 5 rings (SSSR count). The lowest BCUT2D eigenvalue weighted by molar-refractivity contribution is -0.138. The van der Waals surface area contributed by atoms with E-state index in [2.05, 4.69) is 34.9 Å². The summed E-state index contributed by atoms with van der Waals surface area (Å²) >= 11 is 0. The Morgan fingerprint density at radius 3 is 1.31 bits per heavy atom. The van der Waals surface area contributed by atoms with Crippen LogP contribution in [0.25, 0.3) is 11.1 Å². The monoisotopic (exact) mass is 600 g/mol. The number of esters is 2. The standard InChI is InChI=1S/C37H32N2O6/c1-3-44-35(42)23-21-33(40)38-27-17-13-25(14-18-27)37(31-11-7-5-9-29(31)30-10-6-8-12-32(30)37)26-15-19-28(20-16-26)39-34(41)22-24-36(43)45-4-2/h5-24H,3-4H2,1-2H3,(H,38,40)(H,39,41). The Morgan fingerprint density at radius 2 is 0.933 bits per heavy atom. The highest BCUT2D eigenvalue weighted by molar-refractivity contribution is 6.03. The Hall–Kier alpha value is -5.76. The number of carbonyl (C=O) groups excluding carboxylic acids is 4. The summed E-state index contributed by atoms with van der Waals surface area (Å²) in [5, 5.41) is 5.58. The van der Waals surface area contributed by atoms with E-state index in [1.165, 1.54) is 0 Å². The summed E-state index contributed by atoms with van der Waals surface area (Å²) in [6.45, 7) is 3.85. The molecule has 0 bridgehead atoms. The first-order valence-electron chi connectivity index (χ1n) is 14.6. The molecule has 0 radical (unpaired) electrons. The van der Waals surface area contributed by atoms with Crippen molar-refractivity contribution in [1.82, 2.24) is 0 Å². The molecule has 2 N–H and O–H groups in total. The van der Waals surface area contributed by atoms with Crippen LogP contribution in [-0.4, -0.2) is 37.0 Å². The third-order valence-corrected chi connectivity index (χ3v) is 7.44. The molecule has 0 unspecified atom stereocenters. The van der Waals surface area contributed by atoms with Crippen molar-refractivity contribution in [2.75, 3.05) is 23.8 Å². The molecule has 2 amide bonds. The molecule has 1 aliphatic rings. The number of hydrogen-bond donors (Lipinski definition) is 2. The van der Waals surface area contributed by atoms with E-state index in [1.54, 1.807) is 13.8 Å². The van der Waals surface area contributed by atoms with E-state index in [9.17, 15) is 19.2 Å². The van der Waals surface area contributed by atoms with Crippen LogP contribution in [0.3, 0.4) is 0 Å². The predicted molar refractivity (Wildman–Crippen MR) is 173 cm³/mol. The van der Waals surface area contributed by atoms with E-state index in [-0.39, 0.29) is 13.2 Å². The van der Waals surface area contributed by atoms with Gasteiger partial charge in [-0.15, -0.1) is 0 Å². The topological polar surface area (TPSA) is 111 Å². The highest BCUT2D eigenvalue weighted by atomic mass is 16.5. The number of anilines is 2. The molecular formula is C37H32N2O6. The molecule has 0 spiro atoms. The van der Waals surface area contributed by atoms with Crippen LogP contribution in [-0.2, 0) is 34.1 Å². The minimum Gasteiger partial charge on any atom is -0.463 e. The molecule has 4 aromatic carbocycles. The van der Waals surface area contributed by atoms with Crippen molar-refractivity contribution in [3.05, 3.63) is 144 Å². The van der Waals surface area contributed by atoms with Gasteiger partial charge in [-0.25, -0.2) is 9.59 Å². The van der Waals surface area contributed by atoms with Gasteiger partial charge >= 0.3 is 11.9 Å². The van der Waals surface area contributed by atoms with Gasteiger partial charge in [0.05, 0.1) is 18.6 Å². The van der Waals surface area contributed by atoms with Crippen molar-refractivity contribution < 1.29 is 28.7 Å². The maximum atomic E-state index is 12.4. The van der Waals surface area contributed by atoms with Crippen LogP contribution < -0.4 is 10.6 Å². The number of hydrogen-bond acceptors (Lipinski definition) is 6. The van der Waals surface area contributed by atoms with Crippen LogP contribution in [0.15, 0.2) is 121 Å². The van der Waals surface area contributed by atoms with E-state index >= 15 is 0 Å². The molecule has 0 aromatic heterocycles. The van der Waals surface area contributed by atoms with Gasteiger partial charge in [0.2, 0.25) is 11.8 Å². The third kappa shape index (κ3) is 6.45. The van der Waals surface area contributed by atoms with Crippen LogP contribution in [0.5, 0.6) is 0 Å². The van der Waals surface area contributed by atoms with Gasteiger partial charge in [0.15, 0.2) is 0 Å². The van der Waals surface area contributed by atoms with E-state index < -0.39 is 29.2 Å². The number of nitrogens with one attached hydrogen (secondary N) is 2. The number of benzene rings is 4. The summed E-state index contributed by atoms with van der Waals surface area (Å²) in [6.07, 6.45) is 4.47. The average Bonchev–Trinajstić information content (AvgIpc) is 3.35. The molecule has 0 heterocycles. The molecule has 0 fully saturated rings. The molecule has 0 saturated heterocycles. The Kier molecular flexibility index (Phi) is 9.34. The molecule has 4 aromatic rings. The van der Waals surface area contributed by atoms with Crippen LogP contribution in [0.2, 0.25) is 0 Å². The molecule has 45 heavy (non-hydrogen) atoms. The molecule has 1 aliphatic carbocycles. The molecule has 0 aliphatic heterocycles. The Bertz CT molecular complexity index is 1660. The molecular weight excluding hydrogens is 568 g/mol. The second-order valence-corrected chi connectivity index (χ2v) is 10.1. The molecule has 0 atom stereocenters. The van der Waals surface area contributed by atoms with Crippen LogP contribution >= 0.6 is 0 Å². The van der Waals surface area contributed by atoms with E-state index in [0.717, 1.165) is 57.7 Å². The van der Waals surface area contributed by atoms with E-state index in [4.69, 9.17) is 9.47 Å². The van der Waals surface area contributed by atoms with Crippen LogP contribution in [0.1, 0.15) is 36.1 Å². The molecule has 0 saturated carbocycles. The van der Waals surface area contributed by atoms with Crippen molar-refractivity contribution in [2.45, 2.75) is 19.3 Å². The largest absolute Gasteiger partial charge is 0.463 e. The van der Waals surface area contributed by atoms with Gasteiger partial charge in [-0.3, -0.25) is 9.59 Å². The highest BCUT2D eigenvalue weighted by Gasteiger charge is 2.45. The van der Waals surface area contributed by atoms with E-state index in [0.29, 0.717) is 11.4 Å². The number of ether oxygens (including phenoxy) is 2. The first-order valence-corrected chi connectivity index (χ1v) is 14.6. The first-order chi connectivity index (χ1) is 21.9. The summed E-state index contributed by atoms with van der Waals surface area (Å²) < 4.78 is 9.67. The van der Waals surface area contributed by atoms with Gasteiger partial charge in [0.25, 0.3) is 0 Å². The molecule has 8 nitrogen and oxygen atoms in total. The highest BCUT2D eigenvalue weighted by Crippen LogP contribution is 2.56. The van der Waals surface area contributed by atoms with Crippen molar-refractivity contribution in [2.24, 2.45) is 0 Å². The van der Waals surface area contributed by atoms with Gasteiger partial charge in [0.1, 0.15) is 0 Å². The average molecular weight is 601 g/mol. The molecule has 226 valence electrons. The van der Waals surface area contributed by atoms with Gasteiger partial charge in [-0.1, -0.05) is 72.8 Å². The van der Waals surface area contributed by atoms with Gasteiger partial charge in [-0.05, 0) is 71.5 Å². The minimum atomic E-state index is -0.689. The zero-order chi connectivity index (χ0) is 31.8. The number of rotatable bonds is 10. The zero-order valence-electron chi connectivity index (χ0n) is 24.9. The predicted octanol–water partition coefficient (Wildman–Crippen LogP) is 6.17. The summed E-state index contributed by atoms with van der Waals surface area (Å²) in [7, 11) is 0. The fourth-order valence-electron chi connectivity index (χ4n) is 5.67. The summed E-state index contributed by atoms with van der Waals surface area (Å²) in [4.78, 5) is 48.0. The summed E-state index contributed by atoms with van der Waals surface area (Å²) in [6, 6.07) is 31.9. The number of amides is 2. The summed E-state index contributed by atoms with van der Waals surface area (Å²) in [5.74, 6) is -2.06. The normalized spacial score (nSPS) is 12.8. The second-order valence-electron chi connectivity index (χ2n) is 10.1. The lowest BCUT2D eigenvalue weighted by Gasteiger charge is -2.34. The summed E-state index contributed by atoms with van der Waals surface area (Å²) in [5.41, 5.74) is 6.87. The maximum absolute atomic E-state index is 12.4. The Morgan fingerprint density at radius 1 is 0.556 bits per heavy atom. The van der Waals surface area contributed by atoms with Gasteiger partial charge in [0, 0.05) is 35.7 Å². The van der Waals surface area contributed by atoms with Crippen molar-refractivity contribution >= 4 is 35.1 Å². The maximum Gasteiger partial charge on any atom is 0.330 e. The SMILES string of the molecule is CCOC(=O)C=CC(=O)Nc1ccc(C2(c3ccc(NC(=O)C=CC(=O)OCC)cc3)c3ccccc3-c3ccccc32)cc1. The fraction of sp³-hybridized carbons (Fsp3) is 0.135. The quantitative estimate of drug-likeness (QED) is 0.147. The first kappa shape index (κ1) is 30.7. The Balaban J connectivity index is 1.51. The molecule has 8 heteroatoms. The lowest BCUT2D eigenvalue weighted by Crippen LogP contribution is -2.28. The zero-order valence-corrected chi connectivity index (χ0v) is 24.9. The minimum absolute atomic E-state index is 0.228. The third-order valence-electron chi connectivity index (χ3n) is 7.44. The fourth-order valence-corrected chi connectivity index (χ4v) is 5.67. The van der Waals surface area contributed by atoms with Gasteiger partial charge in [-0.2, -0.15) is 0 Å². The van der Waals surface area contributed by atoms with E-state index in [1.807, 2.05) is 72.8 Å². The van der Waals surface area contributed by atoms with Crippen molar-refractivity contribution in [3.63, 3.8) is 0 Å². The van der Waals surface area contributed by atoms with Crippen LogP contribution in [0.4, 0.5) is 11.4 Å². The second kappa shape index (κ2) is 13.7. The number of fused-ring (bicyclic) bond motifs is 3. The van der Waals surface area contributed by atoms with Crippen molar-refractivity contribution in [1.29, 1.82) is 0 Å². The van der Waals surface area contributed by atoms with Crippen molar-refractivity contribution in [3.8, 4) is 11.1 Å². The van der Waals surface area contributed by atoms with Crippen LogP contribution in [0, 0.1) is 0 Å². The van der Waals surface area contributed by atoms with Gasteiger partial charge < -0.3 is 20.1 Å². The number of carbonyl (C=O) groups is 4. The Labute approximate surface area is 261 Å². The smallest absolute Gasteiger partial charge is 0.330 e.